The number of hydrogen-bond acceptors (Lipinski definition) is 3. The van der Waals surface area contributed by atoms with Crippen LogP contribution in [0.5, 0.6) is 0 Å². The largest absolute Gasteiger partial charge is 0.371 e. The molecule has 0 bridgehead atoms. The summed E-state index contributed by atoms with van der Waals surface area (Å²) in [4.78, 5) is 13.8. The lowest BCUT2D eigenvalue weighted by atomic mass is 10.0. The Balaban J connectivity index is 1.88. The van der Waals surface area contributed by atoms with Crippen molar-refractivity contribution in [1.82, 2.24) is 4.90 Å². The second-order valence-electron chi connectivity index (χ2n) is 4.94. The summed E-state index contributed by atoms with van der Waals surface area (Å²) < 4.78 is 5.13. The predicted molar refractivity (Wildman–Crippen MR) is 71.5 cm³/mol. The van der Waals surface area contributed by atoms with Gasteiger partial charge in [0.25, 0.3) is 5.91 Å². The van der Waals surface area contributed by atoms with Gasteiger partial charge in [-0.3, -0.25) is 4.79 Å². The SMILES string of the molecule is CCC=Cc1ccc2c(c1)C(=O)N(CC1CO1)C2O. The first kappa shape index (κ1) is 12.4. The van der Waals surface area contributed by atoms with Crippen molar-refractivity contribution in [3.05, 3.63) is 41.0 Å². The van der Waals surface area contributed by atoms with Crippen LogP contribution in [0.3, 0.4) is 0 Å². The third kappa shape index (κ3) is 2.29. The second-order valence-corrected chi connectivity index (χ2v) is 4.94. The molecular formula is C15H17NO3. The molecule has 1 amide bonds. The number of epoxide rings is 1. The lowest BCUT2D eigenvalue weighted by Gasteiger charge is -2.19. The summed E-state index contributed by atoms with van der Waals surface area (Å²) in [7, 11) is 0. The van der Waals surface area contributed by atoms with Crippen LogP contribution in [0, 0.1) is 0 Å². The zero-order valence-electron chi connectivity index (χ0n) is 10.9. The molecule has 4 nitrogen and oxygen atoms in total. The van der Waals surface area contributed by atoms with Crippen molar-refractivity contribution >= 4 is 12.0 Å². The van der Waals surface area contributed by atoms with Crippen LogP contribution in [-0.2, 0) is 4.74 Å². The van der Waals surface area contributed by atoms with E-state index in [1.807, 2.05) is 30.4 Å². The Morgan fingerprint density at radius 1 is 1.53 bits per heavy atom. The monoisotopic (exact) mass is 259 g/mol. The van der Waals surface area contributed by atoms with Crippen molar-refractivity contribution < 1.29 is 14.6 Å². The number of nitrogens with zero attached hydrogens (tertiary/aromatic N) is 1. The summed E-state index contributed by atoms with van der Waals surface area (Å²) in [6.07, 6.45) is 4.25. The highest BCUT2D eigenvalue weighted by Crippen LogP contribution is 2.33. The third-order valence-corrected chi connectivity index (χ3v) is 3.49. The fourth-order valence-corrected chi connectivity index (χ4v) is 2.35. The number of ether oxygens (including phenoxy) is 1. The summed E-state index contributed by atoms with van der Waals surface area (Å²) >= 11 is 0. The Bertz CT molecular complexity index is 534. The highest BCUT2D eigenvalue weighted by Gasteiger charge is 2.39. The van der Waals surface area contributed by atoms with Gasteiger partial charge in [-0.1, -0.05) is 31.2 Å². The van der Waals surface area contributed by atoms with Gasteiger partial charge in [0.15, 0.2) is 6.23 Å². The van der Waals surface area contributed by atoms with Crippen molar-refractivity contribution in [1.29, 1.82) is 0 Å². The molecule has 4 heteroatoms. The van der Waals surface area contributed by atoms with Gasteiger partial charge >= 0.3 is 0 Å². The van der Waals surface area contributed by atoms with Gasteiger partial charge in [-0.25, -0.2) is 0 Å². The summed E-state index contributed by atoms with van der Waals surface area (Å²) in [6.45, 7) is 3.21. The Labute approximate surface area is 112 Å². The van der Waals surface area contributed by atoms with E-state index >= 15 is 0 Å². The molecule has 0 aliphatic carbocycles. The Hall–Kier alpha value is -1.65. The molecule has 19 heavy (non-hydrogen) atoms. The van der Waals surface area contributed by atoms with Crippen LogP contribution in [0.1, 0.15) is 41.1 Å². The average Bonchev–Trinajstić information content (AvgIpc) is 3.21. The molecule has 1 aromatic carbocycles. The minimum atomic E-state index is -0.837. The highest BCUT2D eigenvalue weighted by molar-refractivity contribution is 5.99. The molecule has 2 aliphatic rings. The number of hydrogen-bond donors (Lipinski definition) is 1. The molecule has 0 radical (unpaired) electrons. The van der Waals surface area contributed by atoms with Crippen LogP contribution in [0.4, 0.5) is 0 Å². The van der Waals surface area contributed by atoms with E-state index in [1.165, 1.54) is 4.90 Å². The van der Waals surface area contributed by atoms with Crippen LogP contribution in [0.15, 0.2) is 24.3 Å². The van der Waals surface area contributed by atoms with Gasteiger partial charge in [-0.2, -0.15) is 0 Å². The van der Waals surface area contributed by atoms with Crippen molar-refractivity contribution in [2.75, 3.05) is 13.2 Å². The number of aliphatic hydroxyl groups excluding tert-OH is 1. The molecule has 1 fully saturated rings. The van der Waals surface area contributed by atoms with Gasteiger partial charge in [0.05, 0.1) is 19.3 Å². The Morgan fingerprint density at radius 3 is 3.00 bits per heavy atom. The van der Waals surface area contributed by atoms with E-state index in [-0.39, 0.29) is 12.0 Å². The lowest BCUT2D eigenvalue weighted by Crippen LogP contribution is -2.31. The molecule has 100 valence electrons. The van der Waals surface area contributed by atoms with Crippen molar-refractivity contribution in [2.24, 2.45) is 0 Å². The van der Waals surface area contributed by atoms with Gasteiger partial charge in [-0.05, 0) is 18.1 Å². The maximum absolute atomic E-state index is 12.3. The fourth-order valence-electron chi connectivity index (χ4n) is 2.35. The number of amides is 1. The molecule has 2 unspecified atom stereocenters. The first-order chi connectivity index (χ1) is 9.20. The van der Waals surface area contributed by atoms with Crippen LogP contribution in [0.25, 0.3) is 6.08 Å². The van der Waals surface area contributed by atoms with Crippen LogP contribution in [-0.4, -0.2) is 35.2 Å². The summed E-state index contributed by atoms with van der Waals surface area (Å²) in [5.41, 5.74) is 2.29. The molecule has 0 saturated carbocycles. The van der Waals surface area contributed by atoms with E-state index in [2.05, 4.69) is 6.92 Å². The molecule has 0 spiro atoms. The topological polar surface area (TPSA) is 53.1 Å². The minimum Gasteiger partial charge on any atom is -0.371 e. The zero-order valence-corrected chi connectivity index (χ0v) is 10.9. The van der Waals surface area contributed by atoms with Gasteiger partial charge in [0.2, 0.25) is 0 Å². The van der Waals surface area contributed by atoms with Gasteiger partial charge in [0.1, 0.15) is 0 Å². The first-order valence-electron chi connectivity index (χ1n) is 6.62. The number of carbonyl (C=O) groups excluding carboxylic acids is 1. The smallest absolute Gasteiger partial charge is 0.256 e. The number of rotatable bonds is 4. The van der Waals surface area contributed by atoms with E-state index in [9.17, 15) is 9.90 Å². The van der Waals surface area contributed by atoms with Crippen LogP contribution in [0.2, 0.25) is 0 Å². The number of carbonyl (C=O) groups is 1. The molecule has 2 aliphatic heterocycles. The van der Waals surface area contributed by atoms with E-state index in [1.54, 1.807) is 0 Å². The molecule has 1 saturated heterocycles. The molecule has 2 atom stereocenters. The molecule has 3 rings (SSSR count). The quantitative estimate of drug-likeness (QED) is 0.841. The van der Waals surface area contributed by atoms with Crippen molar-refractivity contribution in [3.63, 3.8) is 0 Å². The van der Waals surface area contributed by atoms with Gasteiger partial charge in [-0.15, -0.1) is 0 Å². The Morgan fingerprint density at radius 2 is 2.32 bits per heavy atom. The molecule has 2 heterocycles. The predicted octanol–water partition coefficient (Wildman–Crippen LogP) is 1.96. The van der Waals surface area contributed by atoms with Crippen LogP contribution < -0.4 is 0 Å². The fraction of sp³-hybridized carbons (Fsp3) is 0.400. The molecular weight excluding hydrogens is 242 g/mol. The molecule has 1 aromatic rings. The first-order valence-corrected chi connectivity index (χ1v) is 6.62. The van der Waals surface area contributed by atoms with Crippen molar-refractivity contribution in [2.45, 2.75) is 25.7 Å². The number of fused-ring (bicyclic) bond motifs is 1. The maximum Gasteiger partial charge on any atom is 0.256 e. The van der Waals surface area contributed by atoms with Crippen molar-refractivity contribution in [3.8, 4) is 0 Å². The standard InChI is InChI=1S/C15H17NO3/c1-2-3-4-10-5-6-12-13(7-10)15(18)16(14(12)17)8-11-9-19-11/h3-7,11,14,17H,2,8-9H2,1H3. The number of benzene rings is 1. The van der Waals surface area contributed by atoms with E-state index in [0.717, 1.165) is 12.0 Å². The number of aliphatic hydroxyl groups is 1. The lowest BCUT2D eigenvalue weighted by molar-refractivity contribution is 0.0148. The Kier molecular flexibility index (Phi) is 3.12. The minimum absolute atomic E-state index is 0.0902. The van der Waals surface area contributed by atoms with E-state index in [0.29, 0.717) is 24.3 Å². The average molecular weight is 259 g/mol. The van der Waals surface area contributed by atoms with E-state index < -0.39 is 6.23 Å². The van der Waals surface area contributed by atoms with Gasteiger partial charge < -0.3 is 14.7 Å². The zero-order chi connectivity index (χ0) is 13.4. The molecule has 1 N–H and O–H groups in total. The summed E-state index contributed by atoms with van der Waals surface area (Å²) in [6, 6.07) is 5.61. The summed E-state index contributed by atoms with van der Waals surface area (Å²) in [5.74, 6) is -0.107. The maximum atomic E-state index is 12.3. The normalized spacial score (nSPS) is 25.2. The van der Waals surface area contributed by atoms with Crippen LogP contribution >= 0.6 is 0 Å². The third-order valence-electron chi connectivity index (χ3n) is 3.49. The number of allylic oxidation sites excluding steroid dienone is 1. The highest BCUT2D eigenvalue weighted by atomic mass is 16.6. The van der Waals surface area contributed by atoms with Gasteiger partial charge in [0, 0.05) is 11.1 Å². The van der Waals surface area contributed by atoms with E-state index in [4.69, 9.17) is 4.74 Å². The molecule has 0 aromatic heterocycles. The summed E-state index contributed by atoms with van der Waals surface area (Å²) in [5, 5.41) is 10.2. The second kappa shape index (κ2) is 4.79.